The summed E-state index contributed by atoms with van der Waals surface area (Å²) in [4.78, 5) is 12.9. The van der Waals surface area contributed by atoms with Crippen LogP contribution < -0.4 is 4.74 Å². The molecule has 0 fully saturated rings. The summed E-state index contributed by atoms with van der Waals surface area (Å²) in [7, 11) is 0. The van der Waals surface area contributed by atoms with E-state index in [-0.39, 0.29) is 0 Å². The molecule has 0 radical (unpaired) electrons. The van der Waals surface area contributed by atoms with Gasteiger partial charge in [-0.15, -0.1) is 0 Å². The molecule has 4 rings (SSSR count). The van der Waals surface area contributed by atoms with Gasteiger partial charge >= 0.3 is 0 Å². The summed E-state index contributed by atoms with van der Waals surface area (Å²) < 4.78 is 5.47. The van der Waals surface area contributed by atoms with Crippen LogP contribution in [0.1, 0.15) is 11.9 Å². The largest absolute Gasteiger partial charge is 0.460 e. The third-order valence-electron chi connectivity index (χ3n) is 3.40. The predicted molar refractivity (Wildman–Crippen MR) is 76.3 cm³/mol. The molecule has 0 saturated carbocycles. The second-order valence-electron chi connectivity index (χ2n) is 4.70. The van der Waals surface area contributed by atoms with Crippen LogP contribution in [0.25, 0.3) is 22.6 Å². The summed E-state index contributed by atoms with van der Waals surface area (Å²) in [5, 5.41) is 10.1. The van der Waals surface area contributed by atoms with Gasteiger partial charge in [0.1, 0.15) is 5.75 Å². The van der Waals surface area contributed by atoms with Gasteiger partial charge in [-0.3, -0.25) is 4.98 Å². The van der Waals surface area contributed by atoms with E-state index in [9.17, 15) is 5.11 Å². The molecule has 1 aliphatic rings. The highest BCUT2D eigenvalue weighted by Gasteiger charge is 2.26. The Kier molecular flexibility index (Phi) is 2.65. The molecule has 0 spiro atoms. The smallest absolute Gasteiger partial charge is 0.227 e. The van der Waals surface area contributed by atoms with E-state index < -0.39 is 6.29 Å². The van der Waals surface area contributed by atoms with Crippen molar-refractivity contribution in [1.29, 1.82) is 0 Å². The van der Waals surface area contributed by atoms with E-state index >= 15 is 0 Å². The van der Waals surface area contributed by atoms with Gasteiger partial charge in [0.05, 0.1) is 11.3 Å². The van der Waals surface area contributed by atoms with E-state index in [1.54, 1.807) is 18.6 Å². The van der Waals surface area contributed by atoms with E-state index in [0.29, 0.717) is 22.8 Å². The van der Waals surface area contributed by atoms with Crippen molar-refractivity contribution in [3.8, 4) is 28.4 Å². The lowest BCUT2D eigenvalue weighted by Crippen LogP contribution is -2.15. The molecule has 2 aromatic heterocycles. The predicted octanol–water partition coefficient (Wildman–Crippen LogP) is 2.59. The lowest BCUT2D eigenvalue weighted by atomic mass is 10.0. The van der Waals surface area contributed by atoms with Gasteiger partial charge in [0, 0.05) is 29.7 Å². The topological polar surface area (TPSA) is 68.1 Å². The number of rotatable bonds is 1. The van der Waals surface area contributed by atoms with Crippen LogP contribution in [-0.4, -0.2) is 20.1 Å². The molecule has 0 saturated heterocycles. The van der Waals surface area contributed by atoms with E-state index in [1.165, 1.54) is 0 Å². The van der Waals surface area contributed by atoms with Crippen LogP contribution in [0.2, 0.25) is 0 Å². The summed E-state index contributed by atoms with van der Waals surface area (Å²) in [6, 6.07) is 11.2. The van der Waals surface area contributed by atoms with Gasteiger partial charge in [-0.05, 0) is 24.3 Å². The average molecular weight is 277 g/mol. The number of para-hydroxylation sites is 1. The van der Waals surface area contributed by atoms with Crippen LogP contribution in [0.15, 0.2) is 55.0 Å². The Balaban J connectivity index is 1.92. The van der Waals surface area contributed by atoms with Crippen molar-refractivity contribution < 1.29 is 9.84 Å². The highest BCUT2D eigenvalue weighted by atomic mass is 16.6. The summed E-state index contributed by atoms with van der Waals surface area (Å²) in [6.07, 6.45) is 3.97. The quantitative estimate of drug-likeness (QED) is 0.740. The minimum absolute atomic E-state index is 0.575. The standard InChI is InChI=1S/C16H11N3O2/c20-16-12-9-18-15(10-5-7-17-8-6-10)19-14(12)11-3-1-2-4-13(11)21-16/h1-9,16,20H. The van der Waals surface area contributed by atoms with Gasteiger partial charge in [0.15, 0.2) is 5.82 Å². The fourth-order valence-corrected chi connectivity index (χ4v) is 2.38. The van der Waals surface area contributed by atoms with E-state index in [1.807, 2.05) is 36.4 Å². The van der Waals surface area contributed by atoms with Crippen molar-refractivity contribution in [1.82, 2.24) is 15.0 Å². The maximum Gasteiger partial charge on any atom is 0.227 e. The van der Waals surface area contributed by atoms with Gasteiger partial charge in [-0.2, -0.15) is 0 Å². The zero-order valence-electron chi connectivity index (χ0n) is 11.0. The first-order valence-electron chi connectivity index (χ1n) is 6.54. The van der Waals surface area contributed by atoms with Crippen LogP contribution in [0.4, 0.5) is 0 Å². The molecule has 0 aliphatic carbocycles. The number of ether oxygens (including phenoxy) is 1. The average Bonchev–Trinajstić information content (AvgIpc) is 2.55. The second-order valence-corrected chi connectivity index (χ2v) is 4.70. The molecule has 1 aromatic carbocycles. The van der Waals surface area contributed by atoms with Gasteiger partial charge in [-0.25, -0.2) is 9.97 Å². The monoisotopic (exact) mass is 277 g/mol. The fourth-order valence-electron chi connectivity index (χ4n) is 2.38. The SMILES string of the molecule is OC1Oc2ccccc2-c2nc(-c3ccncc3)ncc21. The van der Waals surface area contributed by atoms with E-state index in [0.717, 1.165) is 11.1 Å². The Morgan fingerprint density at radius 2 is 1.86 bits per heavy atom. The molecule has 21 heavy (non-hydrogen) atoms. The molecular formula is C16H11N3O2. The zero-order valence-corrected chi connectivity index (χ0v) is 11.0. The minimum Gasteiger partial charge on any atom is -0.460 e. The molecular weight excluding hydrogens is 266 g/mol. The fraction of sp³-hybridized carbons (Fsp3) is 0.0625. The van der Waals surface area contributed by atoms with Crippen LogP contribution >= 0.6 is 0 Å². The van der Waals surface area contributed by atoms with Crippen molar-refractivity contribution in [2.75, 3.05) is 0 Å². The minimum atomic E-state index is -1.04. The Bertz CT molecular complexity index is 806. The van der Waals surface area contributed by atoms with E-state index in [4.69, 9.17) is 4.74 Å². The third-order valence-corrected chi connectivity index (χ3v) is 3.40. The molecule has 1 atom stereocenters. The maximum absolute atomic E-state index is 10.1. The number of benzene rings is 1. The van der Waals surface area contributed by atoms with Gasteiger partial charge in [-0.1, -0.05) is 12.1 Å². The van der Waals surface area contributed by atoms with Crippen LogP contribution in [0.3, 0.4) is 0 Å². The Morgan fingerprint density at radius 1 is 1.05 bits per heavy atom. The number of pyridine rings is 1. The lowest BCUT2D eigenvalue weighted by Gasteiger charge is -2.24. The lowest BCUT2D eigenvalue weighted by molar-refractivity contribution is -0.0218. The maximum atomic E-state index is 10.1. The normalized spacial score (nSPS) is 15.8. The molecule has 0 amide bonds. The van der Waals surface area contributed by atoms with Crippen molar-refractivity contribution >= 4 is 0 Å². The van der Waals surface area contributed by atoms with Gasteiger partial charge in [0.2, 0.25) is 6.29 Å². The Morgan fingerprint density at radius 3 is 2.71 bits per heavy atom. The summed E-state index contributed by atoms with van der Waals surface area (Å²) in [5.41, 5.74) is 3.01. The second kappa shape index (κ2) is 4.64. The Hall–Kier alpha value is -2.79. The number of hydrogen-bond donors (Lipinski definition) is 1. The van der Waals surface area contributed by atoms with Crippen molar-refractivity contribution in [2.24, 2.45) is 0 Å². The number of nitrogens with zero attached hydrogens (tertiary/aromatic N) is 3. The summed E-state index contributed by atoms with van der Waals surface area (Å²) >= 11 is 0. The molecule has 5 heteroatoms. The molecule has 3 heterocycles. The number of aliphatic hydroxyl groups is 1. The first kappa shape index (κ1) is 12.0. The molecule has 3 aromatic rings. The van der Waals surface area contributed by atoms with E-state index in [2.05, 4.69) is 15.0 Å². The number of hydrogen-bond acceptors (Lipinski definition) is 5. The molecule has 1 N–H and O–H groups in total. The number of aromatic nitrogens is 3. The summed E-state index contributed by atoms with van der Waals surface area (Å²) in [5.74, 6) is 1.22. The highest BCUT2D eigenvalue weighted by molar-refractivity contribution is 5.73. The van der Waals surface area contributed by atoms with Crippen LogP contribution in [0.5, 0.6) is 5.75 Å². The zero-order chi connectivity index (χ0) is 14.2. The van der Waals surface area contributed by atoms with Gasteiger partial charge < -0.3 is 9.84 Å². The van der Waals surface area contributed by atoms with Crippen molar-refractivity contribution in [3.05, 3.63) is 60.6 Å². The molecule has 102 valence electrons. The third kappa shape index (κ3) is 1.95. The molecule has 5 nitrogen and oxygen atoms in total. The summed E-state index contributed by atoms with van der Waals surface area (Å²) in [6.45, 7) is 0. The van der Waals surface area contributed by atoms with Crippen LogP contribution in [-0.2, 0) is 0 Å². The van der Waals surface area contributed by atoms with Crippen molar-refractivity contribution in [2.45, 2.75) is 6.29 Å². The Labute approximate surface area is 120 Å². The van der Waals surface area contributed by atoms with Crippen LogP contribution in [0, 0.1) is 0 Å². The number of fused-ring (bicyclic) bond motifs is 3. The highest BCUT2D eigenvalue weighted by Crippen LogP contribution is 2.40. The number of aliphatic hydroxyl groups excluding tert-OH is 1. The molecule has 1 aliphatic heterocycles. The van der Waals surface area contributed by atoms with Crippen molar-refractivity contribution in [3.63, 3.8) is 0 Å². The molecule has 0 bridgehead atoms. The van der Waals surface area contributed by atoms with Gasteiger partial charge in [0.25, 0.3) is 0 Å². The first-order valence-corrected chi connectivity index (χ1v) is 6.54. The molecule has 1 unspecified atom stereocenters. The first-order chi connectivity index (χ1) is 10.3.